The average Bonchev–Trinajstić information content (AvgIpc) is 3.05. The lowest BCUT2D eigenvalue weighted by Gasteiger charge is -2.24. The predicted octanol–water partition coefficient (Wildman–Crippen LogP) is 3.11. The number of sulfonamides is 1. The van der Waals surface area contributed by atoms with Crippen molar-refractivity contribution in [3.63, 3.8) is 0 Å². The largest absolute Gasteiger partial charge is 0.445 e. The fourth-order valence-corrected chi connectivity index (χ4v) is 5.16. The molecule has 8 heteroatoms. The molecule has 140 valence electrons. The summed E-state index contributed by atoms with van der Waals surface area (Å²) >= 11 is 5.96. The normalized spacial score (nSPS) is 19.4. The van der Waals surface area contributed by atoms with Crippen LogP contribution in [-0.4, -0.2) is 37.5 Å². The minimum atomic E-state index is -3.44. The van der Waals surface area contributed by atoms with Crippen LogP contribution in [0.5, 0.6) is 0 Å². The molecular weight excluding hydrogens is 376 g/mol. The molecule has 0 aliphatic carbocycles. The van der Waals surface area contributed by atoms with Gasteiger partial charge in [-0.15, -0.1) is 0 Å². The number of ether oxygens (including phenoxy) is 1. The Bertz CT molecular complexity index is 890. The van der Waals surface area contributed by atoms with E-state index >= 15 is 0 Å². The van der Waals surface area contributed by atoms with Crippen LogP contribution in [0.1, 0.15) is 41.7 Å². The third-order valence-electron chi connectivity index (χ3n) is 4.91. The third-order valence-corrected chi connectivity index (χ3v) is 6.94. The van der Waals surface area contributed by atoms with Gasteiger partial charge in [0.2, 0.25) is 10.0 Å². The Morgan fingerprint density at radius 2 is 2.08 bits per heavy atom. The Balaban J connectivity index is 1.49. The Hall–Kier alpha value is -1.41. The quantitative estimate of drug-likeness (QED) is 0.793. The van der Waals surface area contributed by atoms with E-state index in [1.807, 2.05) is 0 Å². The first-order valence-electron chi connectivity index (χ1n) is 8.80. The van der Waals surface area contributed by atoms with Gasteiger partial charge in [-0.1, -0.05) is 23.7 Å². The maximum atomic E-state index is 12.8. The monoisotopic (exact) mass is 396 g/mol. The Morgan fingerprint density at radius 3 is 2.85 bits per heavy atom. The molecule has 26 heavy (non-hydrogen) atoms. The molecule has 2 aliphatic rings. The fourth-order valence-electron chi connectivity index (χ4n) is 3.48. The van der Waals surface area contributed by atoms with Gasteiger partial charge < -0.3 is 9.15 Å². The summed E-state index contributed by atoms with van der Waals surface area (Å²) in [6.45, 7) is 2.12. The summed E-state index contributed by atoms with van der Waals surface area (Å²) in [5.41, 5.74) is 1.43. The highest BCUT2D eigenvalue weighted by atomic mass is 35.5. The van der Waals surface area contributed by atoms with Crippen LogP contribution in [0.25, 0.3) is 0 Å². The first-order valence-corrected chi connectivity index (χ1v) is 10.8. The van der Waals surface area contributed by atoms with Gasteiger partial charge in [0.05, 0.1) is 18.0 Å². The highest BCUT2D eigenvalue weighted by Gasteiger charge is 2.32. The van der Waals surface area contributed by atoms with Crippen LogP contribution in [0.15, 0.2) is 28.7 Å². The van der Waals surface area contributed by atoms with E-state index in [0.29, 0.717) is 23.6 Å². The predicted molar refractivity (Wildman–Crippen MR) is 97.5 cm³/mol. The summed E-state index contributed by atoms with van der Waals surface area (Å²) in [7, 11) is -3.44. The molecule has 0 amide bonds. The molecule has 0 radical (unpaired) electrons. The van der Waals surface area contributed by atoms with E-state index in [-0.39, 0.29) is 18.2 Å². The van der Waals surface area contributed by atoms with Crippen molar-refractivity contribution in [2.24, 2.45) is 0 Å². The molecule has 3 heterocycles. The van der Waals surface area contributed by atoms with E-state index < -0.39 is 10.0 Å². The van der Waals surface area contributed by atoms with Gasteiger partial charge in [-0.2, -0.15) is 4.31 Å². The summed E-state index contributed by atoms with van der Waals surface area (Å²) in [4.78, 5) is 4.61. The Morgan fingerprint density at radius 1 is 1.27 bits per heavy atom. The Labute approximate surface area is 158 Å². The molecule has 0 atom stereocenters. The second-order valence-corrected chi connectivity index (χ2v) is 9.18. The maximum absolute atomic E-state index is 12.8. The molecule has 2 aliphatic heterocycles. The van der Waals surface area contributed by atoms with Crippen molar-refractivity contribution in [3.8, 4) is 0 Å². The van der Waals surface area contributed by atoms with Crippen LogP contribution in [0.2, 0.25) is 5.02 Å². The molecule has 1 aromatic heterocycles. The second kappa shape index (κ2) is 7.31. The number of oxazole rings is 1. The number of nitrogens with zero attached hydrogens (tertiary/aromatic N) is 2. The lowest BCUT2D eigenvalue weighted by atomic mass is 10.0. The number of fused-ring (bicyclic) bond motifs is 1. The molecular formula is C18H21ClN2O4S. The van der Waals surface area contributed by atoms with Gasteiger partial charge in [-0.3, -0.25) is 0 Å². The number of hydrogen-bond donors (Lipinski definition) is 0. The van der Waals surface area contributed by atoms with Crippen molar-refractivity contribution >= 4 is 21.6 Å². The maximum Gasteiger partial charge on any atom is 0.218 e. The van der Waals surface area contributed by atoms with E-state index in [0.717, 1.165) is 43.4 Å². The molecule has 1 aromatic carbocycles. The zero-order valence-corrected chi connectivity index (χ0v) is 15.9. The fraction of sp³-hybridized carbons (Fsp3) is 0.500. The molecule has 2 aromatic rings. The van der Waals surface area contributed by atoms with Gasteiger partial charge in [-0.05, 0) is 30.5 Å². The molecule has 0 N–H and O–H groups in total. The molecule has 0 unspecified atom stereocenters. The highest BCUT2D eigenvalue weighted by molar-refractivity contribution is 7.88. The average molecular weight is 397 g/mol. The number of aromatic nitrogens is 1. The van der Waals surface area contributed by atoms with Crippen molar-refractivity contribution in [1.82, 2.24) is 9.29 Å². The summed E-state index contributed by atoms with van der Waals surface area (Å²) in [5.74, 6) is 1.76. The van der Waals surface area contributed by atoms with E-state index in [1.165, 1.54) is 4.31 Å². The van der Waals surface area contributed by atoms with Crippen molar-refractivity contribution in [2.45, 2.75) is 37.5 Å². The van der Waals surface area contributed by atoms with E-state index in [4.69, 9.17) is 20.8 Å². The number of halogens is 1. The van der Waals surface area contributed by atoms with Crippen LogP contribution in [0.4, 0.5) is 0 Å². The van der Waals surface area contributed by atoms with Crippen LogP contribution in [0.3, 0.4) is 0 Å². The third kappa shape index (κ3) is 3.81. The van der Waals surface area contributed by atoms with Crippen molar-refractivity contribution in [1.29, 1.82) is 0 Å². The van der Waals surface area contributed by atoms with Gasteiger partial charge in [0.15, 0.2) is 5.89 Å². The lowest BCUT2D eigenvalue weighted by molar-refractivity contribution is 0.0791. The van der Waals surface area contributed by atoms with E-state index in [2.05, 4.69) is 4.98 Å². The molecule has 0 saturated carbocycles. The molecule has 6 nitrogen and oxygen atoms in total. The van der Waals surface area contributed by atoms with E-state index in [1.54, 1.807) is 24.3 Å². The summed E-state index contributed by atoms with van der Waals surface area (Å²) in [6.07, 6.45) is 2.35. The highest BCUT2D eigenvalue weighted by Crippen LogP contribution is 2.31. The molecule has 1 saturated heterocycles. The standard InChI is InChI=1S/C18H21ClN2O4S/c19-15-3-1-2-13(10-15)12-26(22,23)21-7-4-17-16(11-21)20-18(25-17)14-5-8-24-9-6-14/h1-3,10,14H,4-9,11-12H2. The summed E-state index contributed by atoms with van der Waals surface area (Å²) in [5, 5.41) is 0.538. The zero-order valence-electron chi connectivity index (χ0n) is 14.4. The van der Waals surface area contributed by atoms with Crippen LogP contribution >= 0.6 is 11.6 Å². The molecule has 0 bridgehead atoms. The van der Waals surface area contributed by atoms with Crippen molar-refractivity contribution in [2.75, 3.05) is 19.8 Å². The van der Waals surface area contributed by atoms with Gasteiger partial charge >= 0.3 is 0 Å². The van der Waals surface area contributed by atoms with Gasteiger partial charge in [0.25, 0.3) is 0 Å². The molecule has 1 fully saturated rings. The summed E-state index contributed by atoms with van der Waals surface area (Å²) in [6, 6.07) is 6.96. The van der Waals surface area contributed by atoms with Crippen LogP contribution < -0.4 is 0 Å². The second-order valence-electron chi connectivity index (χ2n) is 6.78. The van der Waals surface area contributed by atoms with Crippen molar-refractivity contribution < 1.29 is 17.6 Å². The first kappa shape index (κ1) is 18.0. The number of benzene rings is 1. The topological polar surface area (TPSA) is 72.6 Å². The number of rotatable bonds is 4. The molecule has 4 rings (SSSR count). The minimum Gasteiger partial charge on any atom is -0.445 e. The van der Waals surface area contributed by atoms with Gasteiger partial charge in [0.1, 0.15) is 5.76 Å². The van der Waals surface area contributed by atoms with Gasteiger partial charge in [0, 0.05) is 37.1 Å². The van der Waals surface area contributed by atoms with Crippen molar-refractivity contribution in [3.05, 3.63) is 52.2 Å². The van der Waals surface area contributed by atoms with Crippen LogP contribution in [-0.2, 0) is 33.5 Å². The smallest absolute Gasteiger partial charge is 0.218 e. The number of hydrogen-bond acceptors (Lipinski definition) is 5. The summed E-state index contributed by atoms with van der Waals surface area (Å²) < 4.78 is 38.4. The zero-order chi connectivity index (χ0) is 18.1. The SMILES string of the molecule is O=S(=O)(Cc1cccc(Cl)c1)N1CCc2oc(C3CCOCC3)nc2C1. The molecule has 0 spiro atoms. The van der Waals surface area contributed by atoms with Gasteiger partial charge in [-0.25, -0.2) is 13.4 Å². The van der Waals surface area contributed by atoms with E-state index in [9.17, 15) is 8.42 Å². The minimum absolute atomic E-state index is 0.0619. The lowest BCUT2D eigenvalue weighted by Crippen LogP contribution is -2.36. The first-order chi connectivity index (χ1) is 12.5. The van der Waals surface area contributed by atoms with Crippen LogP contribution in [0, 0.1) is 0 Å². The Kier molecular flexibility index (Phi) is 5.05.